The van der Waals surface area contributed by atoms with E-state index in [-0.39, 0.29) is 24.0 Å². The molecule has 3 atom stereocenters. The van der Waals surface area contributed by atoms with Crippen molar-refractivity contribution in [3.8, 4) is 0 Å². The van der Waals surface area contributed by atoms with Crippen LogP contribution in [0.3, 0.4) is 0 Å². The highest BCUT2D eigenvalue weighted by Crippen LogP contribution is 2.35. The Morgan fingerprint density at radius 1 is 1.19 bits per heavy atom. The van der Waals surface area contributed by atoms with Crippen molar-refractivity contribution in [3.05, 3.63) is 77.7 Å². The lowest BCUT2D eigenvalue weighted by molar-refractivity contribution is 0.0938. The molecule has 0 spiro atoms. The van der Waals surface area contributed by atoms with Crippen molar-refractivity contribution >= 4 is 11.7 Å². The number of likely N-dealkylation sites (tertiary alicyclic amines) is 1. The summed E-state index contributed by atoms with van der Waals surface area (Å²) in [6.45, 7) is 4.90. The van der Waals surface area contributed by atoms with Gasteiger partial charge in [-0.1, -0.05) is 36.4 Å². The first-order chi connectivity index (χ1) is 15.2. The van der Waals surface area contributed by atoms with Gasteiger partial charge >= 0.3 is 0 Å². The topological polar surface area (TPSA) is 75.1 Å². The molecule has 0 saturated carbocycles. The van der Waals surface area contributed by atoms with E-state index < -0.39 is 0 Å². The SMILES string of the molecule is CC1CC(c2ccccn2)Nc2c(C(=O)NC3CCN(Cc4ccccc4)C3)cnn21. The molecule has 0 bridgehead atoms. The minimum Gasteiger partial charge on any atom is -0.361 e. The lowest BCUT2D eigenvalue weighted by Gasteiger charge is -2.30. The van der Waals surface area contributed by atoms with Crippen molar-refractivity contribution in [3.63, 3.8) is 0 Å². The molecular weight excluding hydrogens is 388 g/mol. The van der Waals surface area contributed by atoms with E-state index in [0.29, 0.717) is 5.56 Å². The Hall–Kier alpha value is -3.19. The van der Waals surface area contributed by atoms with Crippen molar-refractivity contribution in [2.45, 2.75) is 44.4 Å². The number of pyridine rings is 1. The van der Waals surface area contributed by atoms with Gasteiger partial charge in [-0.05, 0) is 37.5 Å². The average molecular weight is 417 g/mol. The molecule has 7 heteroatoms. The van der Waals surface area contributed by atoms with Crippen LogP contribution in [0.1, 0.15) is 53.5 Å². The van der Waals surface area contributed by atoms with Gasteiger partial charge in [0.1, 0.15) is 11.4 Å². The molecule has 160 valence electrons. The summed E-state index contributed by atoms with van der Waals surface area (Å²) >= 11 is 0. The normalized spacial score (nSPS) is 23.2. The van der Waals surface area contributed by atoms with Crippen LogP contribution in [-0.2, 0) is 6.54 Å². The van der Waals surface area contributed by atoms with Crippen LogP contribution in [0.4, 0.5) is 5.82 Å². The van der Waals surface area contributed by atoms with Gasteiger partial charge in [-0.3, -0.25) is 14.7 Å². The first-order valence-corrected chi connectivity index (χ1v) is 11.0. The molecule has 0 aliphatic carbocycles. The fourth-order valence-corrected chi connectivity index (χ4v) is 4.65. The van der Waals surface area contributed by atoms with E-state index in [1.54, 1.807) is 6.20 Å². The van der Waals surface area contributed by atoms with E-state index in [9.17, 15) is 4.79 Å². The fraction of sp³-hybridized carbons (Fsp3) is 0.375. The Morgan fingerprint density at radius 3 is 2.84 bits per heavy atom. The van der Waals surface area contributed by atoms with Gasteiger partial charge < -0.3 is 10.6 Å². The number of benzene rings is 1. The minimum atomic E-state index is -0.0609. The number of fused-ring (bicyclic) bond motifs is 1. The van der Waals surface area contributed by atoms with Crippen molar-refractivity contribution in [2.75, 3.05) is 18.4 Å². The summed E-state index contributed by atoms with van der Waals surface area (Å²) in [7, 11) is 0. The van der Waals surface area contributed by atoms with Gasteiger partial charge in [-0.2, -0.15) is 5.10 Å². The number of rotatable bonds is 5. The molecular formula is C24H28N6O. The fourth-order valence-electron chi connectivity index (χ4n) is 4.65. The lowest BCUT2D eigenvalue weighted by Crippen LogP contribution is -2.37. The van der Waals surface area contributed by atoms with E-state index >= 15 is 0 Å². The van der Waals surface area contributed by atoms with Gasteiger partial charge in [-0.15, -0.1) is 0 Å². The molecule has 3 unspecified atom stereocenters. The van der Waals surface area contributed by atoms with E-state index in [2.05, 4.69) is 56.8 Å². The number of aromatic nitrogens is 3. The zero-order chi connectivity index (χ0) is 21.2. The summed E-state index contributed by atoms with van der Waals surface area (Å²) in [5, 5.41) is 11.2. The molecule has 5 rings (SSSR count). The maximum Gasteiger partial charge on any atom is 0.256 e. The van der Waals surface area contributed by atoms with Crippen LogP contribution in [0.5, 0.6) is 0 Å². The third-order valence-corrected chi connectivity index (χ3v) is 6.25. The second kappa shape index (κ2) is 8.51. The Morgan fingerprint density at radius 2 is 2.03 bits per heavy atom. The second-order valence-electron chi connectivity index (χ2n) is 8.57. The Labute approximate surface area is 182 Å². The van der Waals surface area contributed by atoms with Crippen molar-refractivity contribution in [1.29, 1.82) is 0 Å². The van der Waals surface area contributed by atoms with E-state index in [1.807, 2.05) is 35.1 Å². The summed E-state index contributed by atoms with van der Waals surface area (Å²) in [5.74, 6) is 0.722. The molecule has 2 aromatic heterocycles. The molecule has 1 fully saturated rings. The standard InChI is InChI=1S/C24H28N6O/c1-17-13-22(21-9-5-6-11-25-21)28-23-20(14-26-30(17)23)24(31)27-19-10-12-29(16-19)15-18-7-3-2-4-8-18/h2-9,11,14,17,19,22,28H,10,12-13,15-16H2,1H3,(H,27,31). The highest BCUT2D eigenvalue weighted by atomic mass is 16.1. The highest BCUT2D eigenvalue weighted by molar-refractivity contribution is 5.99. The van der Waals surface area contributed by atoms with Gasteiger partial charge in [0.05, 0.1) is 24.0 Å². The summed E-state index contributed by atoms with van der Waals surface area (Å²) in [6, 6.07) is 16.8. The Kier molecular flexibility index (Phi) is 5.42. The predicted molar refractivity (Wildman–Crippen MR) is 120 cm³/mol. The monoisotopic (exact) mass is 416 g/mol. The third-order valence-electron chi connectivity index (χ3n) is 6.25. The van der Waals surface area contributed by atoms with Crippen LogP contribution in [0.25, 0.3) is 0 Å². The van der Waals surface area contributed by atoms with Crippen molar-refractivity contribution < 1.29 is 4.79 Å². The van der Waals surface area contributed by atoms with Gasteiger partial charge in [-0.25, -0.2) is 4.68 Å². The molecule has 3 aromatic rings. The van der Waals surface area contributed by atoms with Gasteiger partial charge in [0, 0.05) is 31.9 Å². The maximum absolute atomic E-state index is 13.1. The first kappa shape index (κ1) is 19.8. The van der Waals surface area contributed by atoms with Crippen LogP contribution in [0.2, 0.25) is 0 Å². The average Bonchev–Trinajstić information content (AvgIpc) is 3.42. The third kappa shape index (κ3) is 4.18. The Balaban J connectivity index is 1.25. The predicted octanol–water partition coefficient (Wildman–Crippen LogP) is 3.40. The molecule has 31 heavy (non-hydrogen) atoms. The number of anilines is 1. The molecule has 7 nitrogen and oxygen atoms in total. The number of carbonyl (C=O) groups excluding carboxylic acids is 1. The quantitative estimate of drug-likeness (QED) is 0.667. The second-order valence-corrected chi connectivity index (χ2v) is 8.57. The van der Waals surface area contributed by atoms with Crippen LogP contribution >= 0.6 is 0 Å². The van der Waals surface area contributed by atoms with Crippen molar-refractivity contribution in [2.24, 2.45) is 0 Å². The number of hydrogen-bond donors (Lipinski definition) is 2. The molecule has 2 aliphatic heterocycles. The number of carbonyl (C=O) groups is 1. The van der Waals surface area contributed by atoms with Gasteiger partial charge in [0.25, 0.3) is 5.91 Å². The van der Waals surface area contributed by atoms with Crippen molar-refractivity contribution in [1.82, 2.24) is 25.0 Å². The molecule has 4 heterocycles. The van der Waals surface area contributed by atoms with E-state index in [0.717, 1.165) is 44.0 Å². The zero-order valence-corrected chi connectivity index (χ0v) is 17.7. The largest absolute Gasteiger partial charge is 0.361 e. The van der Waals surface area contributed by atoms with Gasteiger partial charge in [0.2, 0.25) is 0 Å². The number of nitrogens with zero attached hydrogens (tertiary/aromatic N) is 4. The summed E-state index contributed by atoms with van der Waals surface area (Å²) in [5.41, 5.74) is 2.90. The molecule has 1 amide bonds. The van der Waals surface area contributed by atoms with Crippen LogP contribution < -0.4 is 10.6 Å². The van der Waals surface area contributed by atoms with Crippen LogP contribution in [-0.4, -0.2) is 44.7 Å². The number of amides is 1. The molecule has 2 N–H and O–H groups in total. The summed E-state index contributed by atoms with van der Waals surface area (Å²) in [6.07, 6.45) is 5.33. The lowest BCUT2D eigenvalue weighted by atomic mass is 10.0. The first-order valence-electron chi connectivity index (χ1n) is 11.0. The number of hydrogen-bond acceptors (Lipinski definition) is 5. The molecule has 1 saturated heterocycles. The number of nitrogens with one attached hydrogen (secondary N) is 2. The van der Waals surface area contributed by atoms with E-state index in [1.165, 1.54) is 5.56 Å². The van der Waals surface area contributed by atoms with E-state index in [4.69, 9.17) is 0 Å². The molecule has 2 aliphatic rings. The summed E-state index contributed by atoms with van der Waals surface area (Å²) < 4.78 is 1.92. The van der Waals surface area contributed by atoms with Gasteiger partial charge in [0.15, 0.2) is 0 Å². The highest BCUT2D eigenvalue weighted by Gasteiger charge is 2.31. The summed E-state index contributed by atoms with van der Waals surface area (Å²) in [4.78, 5) is 20.0. The Bertz CT molecular complexity index is 1030. The van der Waals surface area contributed by atoms with Crippen LogP contribution in [0, 0.1) is 0 Å². The molecule has 0 radical (unpaired) electrons. The zero-order valence-electron chi connectivity index (χ0n) is 17.7. The minimum absolute atomic E-state index is 0.0609. The molecule has 1 aromatic carbocycles. The van der Waals surface area contributed by atoms with Crippen LogP contribution in [0.15, 0.2) is 60.9 Å². The maximum atomic E-state index is 13.1. The smallest absolute Gasteiger partial charge is 0.256 e.